The van der Waals surface area contributed by atoms with E-state index in [4.69, 9.17) is 4.74 Å². The molecule has 0 fully saturated rings. The summed E-state index contributed by atoms with van der Waals surface area (Å²) in [5.74, 6) is -0.779. The minimum absolute atomic E-state index is 0.0939. The van der Waals surface area contributed by atoms with Gasteiger partial charge in [-0.05, 0) is 48.4 Å². The van der Waals surface area contributed by atoms with Crippen LogP contribution < -0.4 is 0 Å². The number of fused-ring (bicyclic) bond motifs is 1. The third-order valence-corrected chi connectivity index (χ3v) is 4.91. The highest BCUT2D eigenvalue weighted by Gasteiger charge is 2.48. The number of esters is 1. The van der Waals surface area contributed by atoms with Gasteiger partial charge in [0.05, 0.1) is 7.11 Å². The van der Waals surface area contributed by atoms with Gasteiger partial charge in [-0.1, -0.05) is 35.8 Å². The Morgan fingerprint density at radius 3 is 2.75 bits per heavy atom. The van der Waals surface area contributed by atoms with Crippen LogP contribution in [0.25, 0.3) is 0 Å². The Labute approximate surface area is 128 Å². The molecule has 2 unspecified atom stereocenters. The number of benzene rings is 1. The summed E-state index contributed by atoms with van der Waals surface area (Å²) in [5, 5.41) is 10.9. The number of hydrogen-bond donors (Lipinski definition) is 1. The van der Waals surface area contributed by atoms with Crippen LogP contribution in [0.15, 0.2) is 22.7 Å². The average Bonchev–Trinajstić information content (AvgIpc) is 2.44. The zero-order chi connectivity index (χ0) is 14.9. The molecule has 0 heterocycles. The molecule has 2 rings (SSSR count). The number of rotatable bonds is 3. The molecule has 20 heavy (non-hydrogen) atoms. The van der Waals surface area contributed by atoms with Crippen LogP contribution in [0.1, 0.15) is 31.4 Å². The molecule has 1 N–H and O–H groups in total. The lowest BCUT2D eigenvalue weighted by atomic mass is 9.70. The van der Waals surface area contributed by atoms with Gasteiger partial charge in [-0.2, -0.15) is 0 Å². The van der Waals surface area contributed by atoms with Crippen LogP contribution in [0.2, 0.25) is 0 Å². The number of carbonyl (C=O) groups is 1. The van der Waals surface area contributed by atoms with Gasteiger partial charge in [-0.3, -0.25) is 0 Å². The van der Waals surface area contributed by atoms with Crippen LogP contribution in [0.4, 0.5) is 0 Å². The number of aliphatic hydroxyl groups is 1. The number of ether oxygens (including phenoxy) is 1. The fraction of sp³-hybridized carbons (Fsp3) is 0.562. The van der Waals surface area contributed by atoms with Crippen molar-refractivity contribution >= 4 is 21.9 Å². The van der Waals surface area contributed by atoms with E-state index in [-0.39, 0.29) is 11.8 Å². The first-order chi connectivity index (χ1) is 9.39. The van der Waals surface area contributed by atoms with Crippen molar-refractivity contribution in [1.82, 2.24) is 0 Å². The second kappa shape index (κ2) is 5.86. The van der Waals surface area contributed by atoms with Crippen molar-refractivity contribution in [3.8, 4) is 0 Å². The summed E-state index contributed by atoms with van der Waals surface area (Å²) in [4.78, 5) is 12.1. The monoisotopic (exact) mass is 340 g/mol. The Kier molecular flexibility index (Phi) is 4.55. The number of aryl methyl sites for hydroxylation is 1. The van der Waals surface area contributed by atoms with Crippen LogP contribution in [0.5, 0.6) is 0 Å². The molecule has 0 aliphatic heterocycles. The van der Waals surface area contributed by atoms with Crippen LogP contribution in [0, 0.1) is 11.8 Å². The molecule has 3 nitrogen and oxygen atoms in total. The van der Waals surface area contributed by atoms with E-state index in [1.54, 1.807) is 0 Å². The molecule has 0 aromatic heterocycles. The summed E-state index contributed by atoms with van der Waals surface area (Å²) in [7, 11) is 1.34. The first-order valence-corrected chi connectivity index (χ1v) is 7.77. The molecular weight excluding hydrogens is 320 g/mol. The first-order valence-electron chi connectivity index (χ1n) is 6.97. The largest absolute Gasteiger partial charge is 0.467 e. The Morgan fingerprint density at radius 1 is 1.45 bits per heavy atom. The smallest absolute Gasteiger partial charge is 0.338 e. The summed E-state index contributed by atoms with van der Waals surface area (Å²) >= 11 is 3.48. The van der Waals surface area contributed by atoms with Gasteiger partial charge in [0, 0.05) is 10.4 Å². The summed E-state index contributed by atoms with van der Waals surface area (Å²) < 4.78 is 5.91. The number of carbonyl (C=O) groups excluding carboxylic acids is 1. The van der Waals surface area contributed by atoms with Crippen LogP contribution >= 0.6 is 15.9 Å². The van der Waals surface area contributed by atoms with Gasteiger partial charge in [-0.25, -0.2) is 4.79 Å². The third kappa shape index (κ3) is 2.63. The topological polar surface area (TPSA) is 46.5 Å². The van der Waals surface area contributed by atoms with Gasteiger partial charge in [0.2, 0.25) is 0 Å². The van der Waals surface area contributed by atoms with Crippen molar-refractivity contribution in [2.45, 2.75) is 38.7 Å². The van der Waals surface area contributed by atoms with E-state index in [9.17, 15) is 9.90 Å². The highest BCUT2D eigenvalue weighted by atomic mass is 79.9. The second-order valence-electron chi connectivity index (χ2n) is 5.82. The van der Waals surface area contributed by atoms with Crippen molar-refractivity contribution in [3.63, 3.8) is 0 Å². The molecule has 1 aromatic carbocycles. The maximum absolute atomic E-state index is 12.1. The minimum Gasteiger partial charge on any atom is -0.467 e. The minimum atomic E-state index is -1.40. The second-order valence-corrected chi connectivity index (χ2v) is 6.74. The number of halogens is 1. The van der Waals surface area contributed by atoms with E-state index in [0.717, 1.165) is 17.3 Å². The predicted molar refractivity (Wildman–Crippen MR) is 81.5 cm³/mol. The summed E-state index contributed by atoms with van der Waals surface area (Å²) in [6.45, 7) is 3.74. The Balaban J connectivity index is 2.30. The summed E-state index contributed by atoms with van der Waals surface area (Å²) in [6, 6.07) is 6.20. The van der Waals surface area contributed by atoms with Crippen molar-refractivity contribution in [3.05, 3.63) is 33.8 Å². The number of methoxy groups -OCH3 is 1. The SMILES string of the molecule is COC(=O)C(O)(C(C)C)C1CCc2cc(Br)ccc2C1. The van der Waals surface area contributed by atoms with Gasteiger partial charge in [0.1, 0.15) is 0 Å². The van der Waals surface area contributed by atoms with E-state index in [1.165, 1.54) is 18.2 Å². The van der Waals surface area contributed by atoms with Crippen molar-refractivity contribution in [2.24, 2.45) is 11.8 Å². The van der Waals surface area contributed by atoms with Crippen LogP contribution in [-0.4, -0.2) is 23.8 Å². The summed E-state index contributed by atoms with van der Waals surface area (Å²) in [5.41, 5.74) is 1.11. The van der Waals surface area contributed by atoms with E-state index < -0.39 is 11.6 Å². The lowest BCUT2D eigenvalue weighted by molar-refractivity contribution is -0.176. The van der Waals surface area contributed by atoms with E-state index >= 15 is 0 Å². The molecule has 0 saturated carbocycles. The normalized spacial score (nSPS) is 21.2. The van der Waals surface area contributed by atoms with E-state index in [1.807, 2.05) is 19.9 Å². The standard InChI is InChI=1S/C16H21BrO3/c1-10(2)16(19,15(18)20-3)13-6-4-12-9-14(17)7-5-11(12)8-13/h5,7,9-10,13,19H,4,6,8H2,1-3H3. The van der Waals surface area contributed by atoms with Gasteiger partial charge in [0.15, 0.2) is 5.60 Å². The number of hydrogen-bond acceptors (Lipinski definition) is 3. The molecule has 0 saturated heterocycles. The fourth-order valence-corrected chi connectivity index (χ4v) is 3.55. The van der Waals surface area contributed by atoms with E-state index in [2.05, 4.69) is 28.1 Å². The lowest BCUT2D eigenvalue weighted by Gasteiger charge is -2.39. The molecule has 0 bridgehead atoms. The Hall–Kier alpha value is -0.870. The fourth-order valence-electron chi connectivity index (χ4n) is 3.14. The lowest BCUT2D eigenvalue weighted by Crippen LogP contribution is -2.52. The van der Waals surface area contributed by atoms with Crippen LogP contribution in [0.3, 0.4) is 0 Å². The van der Waals surface area contributed by atoms with Crippen molar-refractivity contribution in [1.29, 1.82) is 0 Å². The highest BCUT2D eigenvalue weighted by molar-refractivity contribution is 9.10. The molecule has 0 spiro atoms. The Morgan fingerprint density at radius 2 is 2.15 bits per heavy atom. The molecule has 4 heteroatoms. The molecule has 1 aliphatic carbocycles. The van der Waals surface area contributed by atoms with Gasteiger partial charge < -0.3 is 9.84 Å². The zero-order valence-corrected chi connectivity index (χ0v) is 13.7. The highest BCUT2D eigenvalue weighted by Crippen LogP contribution is 2.38. The maximum Gasteiger partial charge on any atom is 0.338 e. The van der Waals surface area contributed by atoms with Crippen molar-refractivity contribution < 1.29 is 14.6 Å². The molecular formula is C16H21BrO3. The van der Waals surface area contributed by atoms with Gasteiger partial charge in [0.25, 0.3) is 0 Å². The van der Waals surface area contributed by atoms with Gasteiger partial charge in [-0.15, -0.1) is 0 Å². The Bertz CT molecular complexity index is 512. The summed E-state index contributed by atoms with van der Waals surface area (Å²) in [6.07, 6.45) is 2.39. The predicted octanol–water partition coefficient (Wildman–Crippen LogP) is 3.11. The first kappa shape index (κ1) is 15.5. The van der Waals surface area contributed by atoms with Gasteiger partial charge >= 0.3 is 5.97 Å². The van der Waals surface area contributed by atoms with Crippen molar-refractivity contribution in [2.75, 3.05) is 7.11 Å². The molecule has 2 atom stereocenters. The average molecular weight is 341 g/mol. The van der Waals surface area contributed by atoms with Crippen LogP contribution in [-0.2, 0) is 22.4 Å². The molecule has 110 valence electrons. The molecule has 0 radical (unpaired) electrons. The quantitative estimate of drug-likeness (QED) is 0.860. The van der Waals surface area contributed by atoms with E-state index in [0.29, 0.717) is 6.42 Å². The zero-order valence-electron chi connectivity index (χ0n) is 12.1. The molecule has 0 amide bonds. The maximum atomic E-state index is 12.1. The third-order valence-electron chi connectivity index (χ3n) is 4.41. The molecule has 1 aliphatic rings. The molecule has 1 aromatic rings.